The monoisotopic (exact) mass is 239 g/mol. The number of piperidine rings is 2. The summed E-state index contributed by atoms with van der Waals surface area (Å²) in [6.07, 6.45) is 6.92. The van der Waals surface area contributed by atoms with Crippen LogP contribution in [0, 0.1) is 5.92 Å². The van der Waals surface area contributed by atoms with Gasteiger partial charge in [-0.3, -0.25) is 0 Å². The lowest BCUT2D eigenvalue weighted by Crippen LogP contribution is -2.44. The smallest absolute Gasteiger partial charge is 0.0192 e. The Hall–Kier alpha value is -0.120. The Balaban J connectivity index is 1.53. The van der Waals surface area contributed by atoms with Gasteiger partial charge in [0.25, 0.3) is 0 Å². The summed E-state index contributed by atoms with van der Waals surface area (Å²) < 4.78 is 0. The summed E-state index contributed by atoms with van der Waals surface area (Å²) in [4.78, 5) is 2.57. The highest BCUT2D eigenvalue weighted by Crippen LogP contribution is 2.16. The van der Waals surface area contributed by atoms with Crippen LogP contribution in [0.4, 0.5) is 0 Å². The maximum Gasteiger partial charge on any atom is 0.0192 e. The van der Waals surface area contributed by atoms with Crippen molar-refractivity contribution in [3.63, 3.8) is 0 Å². The van der Waals surface area contributed by atoms with Crippen molar-refractivity contribution in [2.45, 2.75) is 45.1 Å². The van der Waals surface area contributed by atoms with Crippen molar-refractivity contribution >= 4 is 0 Å². The van der Waals surface area contributed by atoms with Gasteiger partial charge in [0.2, 0.25) is 0 Å². The van der Waals surface area contributed by atoms with Crippen molar-refractivity contribution in [3.8, 4) is 0 Å². The topological polar surface area (TPSA) is 27.3 Å². The van der Waals surface area contributed by atoms with Crippen molar-refractivity contribution in [1.29, 1.82) is 0 Å². The molecule has 2 N–H and O–H groups in total. The van der Waals surface area contributed by atoms with Crippen molar-refractivity contribution in [2.75, 3.05) is 39.3 Å². The molecule has 0 aliphatic carbocycles. The highest BCUT2D eigenvalue weighted by atomic mass is 15.1. The molecule has 1 atom stereocenters. The lowest BCUT2D eigenvalue weighted by atomic mass is 9.96. The first-order valence-electron chi connectivity index (χ1n) is 7.55. The third-order valence-electron chi connectivity index (χ3n) is 4.39. The van der Waals surface area contributed by atoms with Gasteiger partial charge in [-0.15, -0.1) is 0 Å². The highest BCUT2D eigenvalue weighted by molar-refractivity contribution is 4.77. The van der Waals surface area contributed by atoms with E-state index in [2.05, 4.69) is 22.5 Å². The van der Waals surface area contributed by atoms with Crippen LogP contribution in [0.15, 0.2) is 0 Å². The molecule has 0 bridgehead atoms. The van der Waals surface area contributed by atoms with Crippen LogP contribution in [0.25, 0.3) is 0 Å². The van der Waals surface area contributed by atoms with Crippen molar-refractivity contribution in [1.82, 2.24) is 15.5 Å². The van der Waals surface area contributed by atoms with Gasteiger partial charge < -0.3 is 15.5 Å². The van der Waals surface area contributed by atoms with E-state index in [1.54, 1.807) is 0 Å². The van der Waals surface area contributed by atoms with Gasteiger partial charge in [0.1, 0.15) is 0 Å². The van der Waals surface area contributed by atoms with Crippen LogP contribution in [0.3, 0.4) is 0 Å². The summed E-state index contributed by atoms with van der Waals surface area (Å²) in [5.41, 5.74) is 0. The van der Waals surface area contributed by atoms with Crippen LogP contribution >= 0.6 is 0 Å². The Kier molecular flexibility index (Phi) is 5.75. The van der Waals surface area contributed by atoms with Crippen LogP contribution in [-0.4, -0.2) is 50.2 Å². The first-order chi connectivity index (χ1) is 8.38. The third-order valence-corrected chi connectivity index (χ3v) is 4.39. The molecule has 2 aliphatic rings. The summed E-state index contributed by atoms with van der Waals surface area (Å²) in [7, 11) is 0. The van der Waals surface area contributed by atoms with Gasteiger partial charge in [-0.05, 0) is 64.3 Å². The number of hydrogen-bond acceptors (Lipinski definition) is 3. The van der Waals surface area contributed by atoms with E-state index in [-0.39, 0.29) is 0 Å². The number of nitrogens with zero attached hydrogens (tertiary/aromatic N) is 1. The zero-order valence-electron chi connectivity index (χ0n) is 11.4. The molecule has 17 heavy (non-hydrogen) atoms. The average Bonchev–Trinajstić information content (AvgIpc) is 2.41. The van der Waals surface area contributed by atoms with Crippen LogP contribution in [0.5, 0.6) is 0 Å². The maximum absolute atomic E-state index is 3.68. The van der Waals surface area contributed by atoms with Gasteiger partial charge in [0.05, 0.1) is 0 Å². The van der Waals surface area contributed by atoms with Gasteiger partial charge in [-0.25, -0.2) is 0 Å². The van der Waals surface area contributed by atoms with E-state index in [0.29, 0.717) is 0 Å². The summed E-state index contributed by atoms with van der Waals surface area (Å²) in [6, 6.07) is 0.736. The molecule has 100 valence electrons. The Morgan fingerprint density at radius 3 is 2.59 bits per heavy atom. The molecule has 2 rings (SSSR count). The van der Waals surface area contributed by atoms with E-state index >= 15 is 0 Å². The van der Waals surface area contributed by atoms with Crippen molar-refractivity contribution < 1.29 is 0 Å². The van der Waals surface area contributed by atoms with Gasteiger partial charge >= 0.3 is 0 Å². The van der Waals surface area contributed by atoms with E-state index in [4.69, 9.17) is 0 Å². The first-order valence-corrected chi connectivity index (χ1v) is 7.55. The molecule has 0 radical (unpaired) electrons. The molecular formula is C14H29N3. The zero-order valence-corrected chi connectivity index (χ0v) is 11.4. The quantitative estimate of drug-likeness (QED) is 0.760. The SMILES string of the molecule is CCN1CCC(CNCC2CCCCN2)CC1. The van der Waals surface area contributed by atoms with E-state index in [1.165, 1.54) is 71.4 Å². The van der Waals surface area contributed by atoms with E-state index < -0.39 is 0 Å². The van der Waals surface area contributed by atoms with Crippen LogP contribution in [0.1, 0.15) is 39.0 Å². The first kappa shape index (κ1) is 13.3. The van der Waals surface area contributed by atoms with Crippen LogP contribution < -0.4 is 10.6 Å². The highest BCUT2D eigenvalue weighted by Gasteiger charge is 2.18. The molecular weight excluding hydrogens is 210 g/mol. The van der Waals surface area contributed by atoms with Crippen LogP contribution in [-0.2, 0) is 0 Å². The molecule has 2 aliphatic heterocycles. The van der Waals surface area contributed by atoms with Gasteiger partial charge in [-0.2, -0.15) is 0 Å². The van der Waals surface area contributed by atoms with Crippen LogP contribution in [0.2, 0.25) is 0 Å². The summed E-state index contributed by atoms with van der Waals surface area (Å²) in [5.74, 6) is 0.918. The number of hydrogen-bond donors (Lipinski definition) is 2. The van der Waals surface area contributed by atoms with E-state index in [1.807, 2.05) is 0 Å². The molecule has 0 aromatic heterocycles. The molecule has 0 aromatic rings. The van der Waals surface area contributed by atoms with Gasteiger partial charge in [0, 0.05) is 12.6 Å². The number of nitrogens with one attached hydrogen (secondary N) is 2. The molecule has 2 saturated heterocycles. The molecule has 2 heterocycles. The number of rotatable bonds is 5. The maximum atomic E-state index is 3.68. The fourth-order valence-electron chi connectivity index (χ4n) is 3.07. The average molecular weight is 239 g/mol. The second-order valence-corrected chi connectivity index (χ2v) is 5.68. The molecule has 0 saturated carbocycles. The largest absolute Gasteiger partial charge is 0.315 e. The standard InChI is InChI=1S/C14H29N3/c1-2-17-9-6-13(7-10-17)11-15-12-14-5-3-4-8-16-14/h13-16H,2-12H2,1H3. The fraction of sp³-hybridized carbons (Fsp3) is 1.00. The Morgan fingerprint density at radius 1 is 1.12 bits per heavy atom. The van der Waals surface area contributed by atoms with Crippen molar-refractivity contribution in [3.05, 3.63) is 0 Å². The van der Waals surface area contributed by atoms with E-state index in [9.17, 15) is 0 Å². The summed E-state index contributed by atoms with van der Waals surface area (Å²) in [5, 5.41) is 7.28. The molecule has 2 fully saturated rings. The summed E-state index contributed by atoms with van der Waals surface area (Å²) in [6.45, 7) is 9.75. The van der Waals surface area contributed by atoms with Crippen molar-refractivity contribution in [2.24, 2.45) is 5.92 Å². The third kappa shape index (κ3) is 4.57. The predicted molar refractivity (Wildman–Crippen MR) is 73.3 cm³/mol. The number of likely N-dealkylation sites (tertiary alicyclic amines) is 1. The Morgan fingerprint density at radius 2 is 1.94 bits per heavy atom. The van der Waals surface area contributed by atoms with Gasteiger partial charge in [0.15, 0.2) is 0 Å². The fourth-order valence-corrected chi connectivity index (χ4v) is 3.07. The Bertz CT molecular complexity index is 194. The zero-order chi connectivity index (χ0) is 11.9. The molecule has 0 amide bonds. The lowest BCUT2D eigenvalue weighted by molar-refractivity contribution is 0.189. The van der Waals surface area contributed by atoms with Gasteiger partial charge in [-0.1, -0.05) is 13.3 Å². The molecule has 3 nitrogen and oxygen atoms in total. The molecule has 0 spiro atoms. The molecule has 3 heteroatoms. The molecule has 0 aromatic carbocycles. The minimum absolute atomic E-state index is 0.736. The second kappa shape index (κ2) is 7.34. The lowest BCUT2D eigenvalue weighted by Gasteiger charge is -2.31. The van der Waals surface area contributed by atoms with E-state index in [0.717, 1.165) is 12.0 Å². The second-order valence-electron chi connectivity index (χ2n) is 5.68. The summed E-state index contributed by atoms with van der Waals surface area (Å²) >= 11 is 0. The minimum atomic E-state index is 0.736. The minimum Gasteiger partial charge on any atom is -0.315 e. The normalized spacial score (nSPS) is 28.4. The predicted octanol–water partition coefficient (Wildman–Crippen LogP) is 1.45. The molecule has 1 unspecified atom stereocenters. The Labute approximate surface area is 106 Å².